The lowest BCUT2D eigenvalue weighted by molar-refractivity contribution is -0.147. The minimum Gasteiger partial charge on any atom is -0.487 e. The average molecular weight is 435 g/mol. The summed E-state index contributed by atoms with van der Waals surface area (Å²) in [5, 5.41) is 10.2. The van der Waals surface area contributed by atoms with Gasteiger partial charge in [-0.15, -0.1) is 0 Å². The Morgan fingerprint density at radius 2 is 2.00 bits per heavy atom. The number of hydrogen-bond donors (Lipinski definition) is 1. The molecule has 0 aliphatic heterocycles. The van der Waals surface area contributed by atoms with Crippen molar-refractivity contribution in [3.05, 3.63) is 66.3 Å². The van der Waals surface area contributed by atoms with Gasteiger partial charge in [0.15, 0.2) is 6.61 Å². The number of alkyl halides is 2. The third kappa shape index (κ3) is 9.47. The summed E-state index contributed by atoms with van der Waals surface area (Å²) in [5.74, 6) is -3.38. The molecule has 2 atom stereocenters. The molecule has 0 amide bonds. The fourth-order valence-corrected chi connectivity index (χ4v) is 3.29. The van der Waals surface area contributed by atoms with E-state index in [0.717, 1.165) is 18.1 Å². The van der Waals surface area contributed by atoms with Crippen molar-refractivity contribution in [3.63, 3.8) is 0 Å². The molecule has 1 N–H and O–H groups in total. The quantitative estimate of drug-likeness (QED) is 0.263. The first-order valence-corrected chi connectivity index (χ1v) is 10.7. The topological polar surface area (TPSA) is 55.8 Å². The molecule has 1 aromatic carbocycles. The van der Waals surface area contributed by atoms with Crippen molar-refractivity contribution in [1.82, 2.24) is 0 Å². The number of esters is 1. The van der Waals surface area contributed by atoms with Crippen LogP contribution >= 0.6 is 0 Å². The number of allylic oxidation sites excluding steroid dienone is 2. The van der Waals surface area contributed by atoms with E-state index in [2.05, 4.69) is 0 Å². The second-order valence-electron chi connectivity index (χ2n) is 7.94. The number of rotatable bonds is 12. The summed E-state index contributed by atoms with van der Waals surface area (Å²) >= 11 is 0. The molecule has 1 aliphatic carbocycles. The molecule has 0 fully saturated rings. The maximum atomic E-state index is 14.2. The lowest BCUT2D eigenvalue weighted by Gasteiger charge is -2.17. The third-order valence-electron chi connectivity index (χ3n) is 4.83. The van der Waals surface area contributed by atoms with Gasteiger partial charge >= 0.3 is 5.97 Å². The Kier molecular flexibility index (Phi) is 9.92. The van der Waals surface area contributed by atoms with Crippen molar-refractivity contribution in [2.45, 2.75) is 64.1 Å². The number of aliphatic hydroxyl groups excluding tert-OH is 1. The van der Waals surface area contributed by atoms with Gasteiger partial charge in [0.05, 0.1) is 12.2 Å². The van der Waals surface area contributed by atoms with E-state index in [-0.39, 0.29) is 12.1 Å². The highest BCUT2D eigenvalue weighted by molar-refractivity contribution is 5.69. The van der Waals surface area contributed by atoms with Gasteiger partial charge in [-0.25, -0.2) is 0 Å². The van der Waals surface area contributed by atoms with E-state index in [4.69, 9.17) is 9.47 Å². The monoisotopic (exact) mass is 434 g/mol. The normalized spacial score (nSPS) is 19.4. The van der Waals surface area contributed by atoms with Crippen LogP contribution in [-0.2, 0) is 9.53 Å². The molecule has 0 saturated carbocycles. The summed E-state index contributed by atoms with van der Waals surface area (Å²) in [4.78, 5) is 11.5. The van der Waals surface area contributed by atoms with Gasteiger partial charge < -0.3 is 14.6 Å². The summed E-state index contributed by atoms with van der Waals surface area (Å²) < 4.78 is 38.6. The first-order valence-electron chi connectivity index (χ1n) is 10.7. The molecule has 1 aliphatic rings. The van der Waals surface area contributed by atoms with Crippen LogP contribution in [0.25, 0.3) is 0 Å². The number of halogens is 2. The van der Waals surface area contributed by atoms with Gasteiger partial charge in [0.25, 0.3) is 5.92 Å². The molecule has 2 rings (SSSR count). The lowest BCUT2D eigenvalue weighted by atomic mass is 9.95. The maximum Gasteiger partial charge on any atom is 0.306 e. The van der Waals surface area contributed by atoms with Gasteiger partial charge in [-0.3, -0.25) is 4.79 Å². The molecular weight excluding hydrogens is 402 g/mol. The van der Waals surface area contributed by atoms with Crippen molar-refractivity contribution < 1.29 is 28.2 Å². The molecule has 1 aromatic rings. The van der Waals surface area contributed by atoms with E-state index >= 15 is 0 Å². The number of unbranched alkanes of at least 4 members (excludes halogenated alkanes) is 1. The number of carbonyl (C=O) groups excluding carboxylic acids is 1. The van der Waals surface area contributed by atoms with Crippen LogP contribution in [0.15, 0.2) is 66.3 Å². The van der Waals surface area contributed by atoms with E-state index in [1.54, 1.807) is 30.3 Å². The summed E-state index contributed by atoms with van der Waals surface area (Å²) in [6.45, 7) is 2.88. The van der Waals surface area contributed by atoms with Crippen LogP contribution in [-0.4, -0.2) is 35.8 Å². The third-order valence-corrected chi connectivity index (χ3v) is 4.83. The van der Waals surface area contributed by atoms with Crippen LogP contribution < -0.4 is 4.74 Å². The maximum absolute atomic E-state index is 14.2. The minimum atomic E-state index is -3.14. The van der Waals surface area contributed by atoms with Crippen LogP contribution in [0, 0.1) is 5.92 Å². The van der Waals surface area contributed by atoms with Crippen molar-refractivity contribution in [1.29, 1.82) is 0 Å². The van der Waals surface area contributed by atoms with E-state index in [1.165, 1.54) is 6.08 Å². The first kappa shape index (κ1) is 24.8. The predicted octanol–water partition coefficient (Wildman–Crippen LogP) is 5.63. The Morgan fingerprint density at radius 3 is 2.71 bits per heavy atom. The van der Waals surface area contributed by atoms with E-state index in [1.807, 2.05) is 32.1 Å². The molecule has 170 valence electrons. The summed E-state index contributed by atoms with van der Waals surface area (Å²) in [6, 6.07) is 8.48. The molecule has 0 unspecified atom stereocenters. The Balaban J connectivity index is 1.78. The highest BCUT2D eigenvalue weighted by Crippen LogP contribution is 2.31. The van der Waals surface area contributed by atoms with E-state index in [0.29, 0.717) is 31.4 Å². The Labute approximate surface area is 183 Å². The van der Waals surface area contributed by atoms with Crippen LogP contribution in [0.1, 0.15) is 46.0 Å². The fraction of sp³-hybridized carbons (Fsp3) is 0.480. The molecule has 0 saturated heterocycles. The Morgan fingerprint density at radius 1 is 1.26 bits per heavy atom. The second kappa shape index (κ2) is 12.4. The zero-order valence-electron chi connectivity index (χ0n) is 18.2. The lowest BCUT2D eigenvalue weighted by Crippen LogP contribution is -2.24. The van der Waals surface area contributed by atoms with Crippen LogP contribution in [0.4, 0.5) is 8.78 Å². The number of carbonyl (C=O) groups is 1. The number of para-hydroxylation sites is 1. The van der Waals surface area contributed by atoms with Gasteiger partial charge in [0, 0.05) is 12.3 Å². The Hall–Kier alpha value is -2.47. The van der Waals surface area contributed by atoms with Crippen LogP contribution in [0.5, 0.6) is 5.75 Å². The first-order chi connectivity index (χ1) is 14.8. The molecule has 0 spiro atoms. The molecule has 0 bridgehead atoms. The number of hydrogen-bond acceptors (Lipinski definition) is 4. The van der Waals surface area contributed by atoms with Gasteiger partial charge in [-0.05, 0) is 57.7 Å². The molecule has 6 heteroatoms. The molecular formula is C25H32F2O4. The van der Waals surface area contributed by atoms with Crippen molar-refractivity contribution in [2.24, 2.45) is 5.92 Å². The standard InChI is InChI=1S/C25H32F2O4/c1-19(2)31-24(29)13-9-4-3-6-10-20-14-15-23(28)22(20)16-17-25(26,27)18-30-21-11-7-5-8-12-21/h3,5-8,11-12,14,16-17,19,22-23,28H,4,9-10,13,15,18H2,1-2H3/b6-3-,17-16+/t22-,23-/m1/s1. The SMILES string of the molecule is CC(C)OC(=O)CCC/C=C\CC1=CC[C@@H](O)[C@@H]1/C=C/C(F)(F)COc1ccccc1. The number of aliphatic hydroxyl groups is 1. The van der Waals surface area contributed by atoms with E-state index in [9.17, 15) is 18.7 Å². The highest BCUT2D eigenvalue weighted by Gasteiger charge is 2.30. The molecule has 0 radical (unpaired) electrons. The fourth-order valence-electron chi connectivity index (χ4n) is 3.29. The molecule has 0 aromatic heterocycles. The summed E-state index contributed by atoms with van der Waals surface area (Å²) in [6.07, 6.45) is 10.1. The van der Waals surface area contributed by atoms with E-state index < -0.39 is 24.6 Å². The molecule has 4 nitrogen and oxygen atoms in total. The summed E-state index contributed by atoms with van der Waals surface area (Å²) in [7, 11) is 0. The van der Waals surface area contributed by atoms with Gasteiger partial charge in [-0.1, -0.05) is 48.1 Å². The van der Waals surface area contributed by atoms with Gasteiger partial charge in [0.1, 0.15) is 5.75 Å². The summed E-state index contributed by atoms with van der Waals surface area (Å²) in [5.41, 5.74) is 0.916. The van der Waals surface area contributed by atoms with Crippen molar-refractivity contribution >= 4 is 5.97 Å². The molecule has 0 heterocycles. The van der Waals surface area contributed by atoms with Crippen LogP contribution in [0.2, 0.25) is 0 Å². The zero-order valence-corrected chi connectivity index (χ0v) is 18.2. The highest BCUT2D eigenvalue weighted by atomic mass is 19.3. The number of benzene rings is 1. The van der Waals surface area contributed by atoms with Gasteiger partial charge in [0.2, 0.25) is 0 Å². The largest absolute Gasteiger partial charge is 0.487 e. The smallest absolute Gasteiger partial charge is 0.306 e. The zero-order chi connectivity index (χ0) is 22.7. The van der Waals surface area contributed by atoms with Crippen LogP contribution in [0.3, 0.4) is 0 Å². The predicted molar refractivity (Wildman–Crippen MR) is 117 cm³/mol. The second-order valence-corrected chi connectivity index (χ2v) is 7.94. The molecule has 31 heavy (non-hydrogen) atoms. The Bertz CT molecular complexity index is 769. The minimum absolute atomic E-state index is 0.106. The van der Waals surface area contributed by atoms with Gasteiger partial charge in [-0.2, -0.15) is 8.78 Å². The number of ether oxygens (including phenoxy) is 2. The van der Waals surface area contributed by atoms with Crippen molar-refractivity contribution in [2.75, 3.05) is 6.61 Å². The average Bonchev–Trinajstić information content (AvgIpc) is 3.07. The van der Waals surface area contributed by atoms with Crippen molar-refractivity contribution in [3.8, 4) is 5.75 Å².